The summed E-state index contributed by atoms with van der Waals surface area (Å²) < 4.78 is 113. The van der Waals surface area contributed by atoms with Gasteiger partial charge in [-0.3, -0.25) is 18.5 Å². The summed E-state index contributed by atoms with van der Waals surface area (Å²) in [7, 11) is 1.91. The number of carbonyl (C=O) groups excluding carboxylic acids is 2. The maximum Gasteiger partial charge on any atom is 0.418 e. The normalized spacial score (nSPS) is 12.5. The molecule has 0 radical (unpaired) electrons. The Morgan fingerprint density at radius 3 is 2.18 bits per heavy atom. The van der Waals surface area contributed by atoms with Crippen molar-refractivity contribution >= 4 is 46.1 Å². The molecule has 5 rings (SSSR count). The lowest BCUT2D eigenvalue weighted by molar-refractivity contribution is -0.136. The van der Waals surface area contributed by atoms with E-state index in [9.17, 15) is 40.3 Å². The molecule has 2 heterocycles. The fraction of sp³-hybridized carbons (Fsp3) is 0.459. The highest BCUT2D eigenvalue weighted by Gasteiger charge is 2.34. The SMILES string of the molecule is CC.CC(=O)c1cc2nc(Nc3cc(CNC(=O)c4c(F)cccc4Cl)ccc3C(F)(F)F)n(C)c2nc1OCC(F)F.CCC1CCCCC1.CF.FF. The zero-order valence-electron chi connectivity index (χ0n) is 31.2. The number of hydrogen-bond acceptors (Lipinski definition) is 6. The van der Waals surface area contributed by atoms with Gasteiger partial charge in [-0.05, 0) is 48.7 Å². The molecule has 1 aliphatic rings. The lowest BCUT2D eigenvalue weighted by Gasteiger charge is -2.18. The molecule has 0 unspecified atom stereocenters. The number of fused-ring (bicyclic) bond motifs is 1. The number of imidazole rings is 1. The van der Waals surface area contributed by atoms with Gasteiger partial charge in [0.1, 0.15) is 11.3 Å². The summed E-state index contributed by atoms with van der Waals surface area (Å²) in [6, 6.07) is 7.97. The second-order valence-electron chi connectivity index (χ2n) is 11.6. The van der Waals surface area contributed by atoms with Crippen molar-refractivity contribution in [1.29, 1.82) is 0 Å². The molecule has 1 fully saturated rings. The van der Waals surface area contributed by atoms with E-state index in [-0.39, 0.29) is 45.7 Å². The molecule has 1 aliphatic carbocycles. The van der Waals surface area contributed by atoms with Gasteiger partial charge in [0.2, 0.25) is 11.8 Å². The number of amides is 1. The monoisotopic (exact) mass is 813 g/mol. The fourth-order valence-corrected chi connectivity index (χ4v) is 5.71. The average Bonchev–Trinajstić information content (AvgIpc) is 3.48. The third-order valence-electron chi connectivity index (χ3n) is 8.12. The van der Waals surface area contributed by atoms with Gasteiger partial charge in [0.25, 0.3) is 12.3 Å². The van der Waals surface area contributed by atoms with Gasteiger partial charge < -0.3 is 15.4 Å². The molecule has 55 heavy (non-hydrogen) atoms. The zero-order valence-corrected chi connectivity index (χ0v) is 32.0. The summed E-state index contributed by atoms with van der Waals surface area (Å²) in [4.78, 5) is 32.8. The topological polar surface area (TPSA) is 98.1 Å². The first kappa shape index (κ1) is 48.5. The first-order chi connectivity index (χ1) is 26.2. The van der Waals surface area contributed by atoms with Crippen LogP contribution in [-0.4, -0.2) is 46.4 Å². The van der Waals surface area contributed by atoms with Gasteiger partial charge in [0.05, 0.1) is 34.6 Å². The minimum absolute atomic E-state index is 0.0421. The van der Waals surface area contributed by atoms with Crippen LogP contribution in [0.25, 0.3) is 11.2 Å². The van der Waals surface area contributed by atoms with Gasteiger partial charge in [-0.15, -0.1) is 0 Å². The highest BCUT2D eigenvalue weighted by Crippen LogP contribution is 2.37. The molecular weight excluding hydrogens is 769 g/mol. The molecule has 8 nitrogen and oxygen atoms in total. The molecule has 1 amide bonds. The number of Topliss-reactive ketones (excluding diaryl/α,β-unsaturated/α-hetero) is 1. The molecule has 18 heteroatoms. The molecule has 0 saturated heterocycles. The van der Waals surface area contributed by atoms with Crippen molar-refractivity contribution in [3.63, 3.8) is 0 Å². The average molecular weight is 814 g/mol. The van der Waals surface area contributed by atoms with E-state index in [4.69, 9.17) is 25.5 Å². The highest BCUT2D eigenvalue weighted by molar-refractivity contribution is 6.33. The van der Waals surface area contributed by atoms with E-state index in [1.807, 2.05) is 13.8 Å². The van der Waals surface area contributed by atoms with Crippen molar-refractivity contribution in [3.05, 3.63) is 75.6 Å². The van der Waals surface area contributed by atoms with Gasteiger partial charge in [-0.2, -0.15) is 18.2 Å². The van der Waals surface area contributed by atoms with Crippen LogP contribution in [0.15, 0.2) is 42.5 Å². The van der Waals surface area contributed by atoms with E-state index in [2.05, 4.69) is 27.5 Å². The molecule has 1 saturated carbocycles. The van der Waals surface area contributed by atoms with Crippen molar-refractivity contribution in [1.82, 2.24) is 19.9 Å². The largest absolute Gasteiger partial charge is 0.471 e. The van der Waals surface area contributed by atoms with E-state index in [1.165, 1.54) is 75.3 Å². The van der Waals surface area contributed by atoms with Crippen LogP contribution in [-0.2, 0) is 19.8 Å². The van der Waals surface area contributed by atoms with Crippen LogP contribution in [0.4, 0.5) is 51.5 Å². The molecule has 0 atom stereocenters. The summed E-state index contributed by atoms with van der Waals surface area (Å²) in [6.45, 7) is 6.19. The summed E-state index contributed by atoms with van der Waals surface area (Å²) in [5, 5.41) is 4.87. The molecule has 2 aromatic carbocycles. The lowest BCUT2D eigenvalue weighted by Crippen LogP contribution is -2.24. The second kappa shape index (κ2) is 24.1. The molecule has 0 spiro atoms. The third-order valence-corrected chi connectivity index (χ3v) is 8.43. The number of nitrogens with one attached hydrogen (secondary N) is 2. The Bertz CT molecular complexity index is 1780. The summed E-state index contributed by atoms with van der Waals surface area (Å²) in [5.74, 6) is -1.69. The Labute approximate surface area is 318 Å². The zero-order chi connectivity index (χ0) is 41.9. The number of benzene rings is 2. The summed E-state index contributed by atoms with van der Waals surface area (Å²) in [6.07, 6.45) is 1.31. The second-order valence-corrected chi connectivity index (χ2v) is 12.0. The van der Waals surface area contributed by atoms with Crippen molar-refractivity contribution in [2.45, 2.75) is 85.4 Å². The Hall–Kier alpha value is -4.54. The van der Waals surface area contributed by atoms with Crippen LogP contribution in [0, 0.1) is 11.7 Å². The molecule has 0 aliphatic heterocycles. The van der Waals surface area contributed by atoms with Crippen molar-refractivity contribution in [2.24, 2.45) is 13.0 Å². The van der Waals surface area contributed by atoms with Crippen LogP contribution >= 0.6 is 11.6 Å². The molecule has 2 N–H and O–H groups in total. The molecule has 4 aromatic rings. The fourth-order valence-electron chi connectivity index (χ4n) is 5.46. The Kier molecular flexibility index (Phi) is 21.2. The number of rotatable bonds is 10. The standard InChI is InChI=1S/C26H20ClF6N5O3.C8H16.C2H6.CH3F.F2/c1-12(39)14-9-19-22(37-24(14)41-11-20(29)30)38(2)25(36-19)35-18-8-13(6-7-15(18)26(31,32)33)10-34-23(40)21-16(27)4-3-5-17(21)28;1-2-8-6-4-3-5-7-8;3*1-2/h3-9,20H,10-11H2,1-2H3,(H,34,40)(H,35,36);8H,2-7H2,1H3;1-2H3;1H3;. The number of halogens is 10. The number of alkyl halides is 6. The van der Waals surface area contributed by atoms with E-state index in [0.29, 0.717) is 7.18 Å². The van der Waals surface area contributed by atoms with Crippen molar-refractivity contribution in [2.75, 3.05) is 19.1 Å². The molecule has 306 valence electrons. The van der Waals surface area contributed by atoms with E-state index < -0.39 is 53.5 Å². The Morgan fingerprint density at radius 2 is 1.65 bits per heavy atom. The quantitative estimate of drug-likeness (QED) is 0.122. The number of anilines is 2. The van der Waals surface area contributed by atoms with Crippen LogP contribution in [0.3, 0.4) is 0 Å². The van der Waals surface area contributed by atoms with Crippen LogP contribution in [0.1, 0.15) is 98.1 Å². The van der Waals surface area contributed by atoms with E-state index in [0.717, 1.165) is 30.2 Å². The molecular formula is C37H45ClF9N5O3. The van der Waals surface area contributed by atoms with Crippen molar-refractivity contribution < 1.29 is 54.2 Å². The Morgan fingerprint density at radius 1 is 1.02 bits per heavy atom. The number of aromatic nitrogens is 3. The van der Waals surface area contributed by atoms with Gasteiger partial charge in [-0.25, -0.2) is 18.2 Å². The smallest absolute Gasteiger partial charge is 0.418 e. The van der Waals surface area contributed by atoms with Gasteiger partial charge in [0, 0.05) is 22.7 Å². The number of ether oxygens (including phenoxy) is 1. The first-order valence-electron chi connectivity index (χ1n) is 17.2. The predicted molar refractivity (Wildman–Crippen MR) is 195 cm³/mol. The minimum Gasteiger partial charge on any atom is -0.471 e. The summed E-state index contributed by atoms with van der Waals surface area (Å²) >= 11 is 5.90. The number of hydrogen-bond donors (Lipinski definition) is 2. The highest BCUT2D eigenvalue weighted by atomic mass is 35.5. The predicted octanol–water partition coefficient (Wildman–Crippen LogP) is 11.7. The molecule has 2 aromatic heterocycles. The van der Waals surface area contributed by atoms with E-state index in [1.54, 1.807) is 0 Å². The van der Waals surface area contributed by atoms with Crippen LogP contribution in [0.5, 0.6) is 5.88 Å². The Balaban J connectivity index is 0.000000927. The number of ketones is 1. The first-order valence-corrected chi connectivity index (χ1v) is 17.6. The van der Waals surface area contributed by atoms with Crippen LogP contribution < -0.4 is 15.4 Å². The summed E-state index contributed by atoms with van der Waals surface area (Å²) in [5.41, 5.74) is -1.69. The number of nitrogens with zero attached hydrogens (tertiary/aromatic N) is 3. The minimum atomic E-state index is -4.79. The molecule has 0 bridgehead atoms. The van der Waals surface area contributed by atoms with Gasteiger partial charge >= 0.3 is 6.18 Å². The maximum atomic E-state index is 14.1. The number of aryl methyl sites for hydroxylation is 1. The lowest BCUT2D eigenvalue weighted by atomic mass is 9.88. The maximum absolute atomic E-state index is 14.1. The third kappa shape index (κ3) is 14.2. The van der Waals surface area contributed by atoms with Crippen molar-refractivity contribution in [3.8, 4) is 5.88 Å². The van der Waals surface area contributed by atoms with Crippen LogP contribution in [0.2, 0.25) is 5.02 Å². The number of pyridine rings is 1. The number of carbonyl (C=O) groups is 2. The van der Waals surface area contributed by atoms with Gasteiger partial charge in [-0.1, -0.05) is 83.0 Å². The van der Waals surface area contributed by atoms with Gasteiger partial charge in [0.15, 0.2) is 18.0 Å². The van der Waals surface area contributed by atoms with E-state index >= 15 is 0 Å².